The number of aromatic nitrogens is 2. The maximum Gasteiger partial charge on any atom is 0.293 e. The van der Waals surface area contributed by atoms with Crippen molar-refractivity contribution in [2.45, 2.75) is 108 Å². The number of pyridine rings is 1. The van der Waals surface area contributed by atoms with Crippen LogP contribution in [0.3, 0.4) is 0 Å². The first-order valence-corrected chi connectivity index (χ1v) is 24.6. The number of benzene rings is 3. The van der Waals surface area contributed by atoms with Gasteiger partial charge in [-0.3, -0.25) is 19.8 Å². The van der Waals surface area contributed by atoms with Gasteiger partial charge in [-0.05, 0) is 127 Å². The second-order valence-electron chi connectivity index (χ2n) is 20.0. The van der Waals surface area contributed by atoms with Crippen molar-refractivity contribution >= 4 is 44.0 Å². The van der Waals surface area contributed by atoms with Crippen LogP contribution in [0.2, 0.25) is 0 Å². The van der Waals surface area contributed by atoms with Gasteiger partial charge in [-0.2, -0.15) is 0 Å². The van der Waals surface area contributed by atoms with Gasteiger partial charge in [0.05, 0.1) is 21.6 Å². The standard InChI is InChI=1S/C50H61N7O6S/c1-33(2)39-8-5-6-9-40(39)41-10-7-11-44(41)56-31-50(32-56)21-24-55(25-22-50)36-12-14-42(46(27-36)63-37-26-35-18-23-51-47(35)53-30-37)48(58)54-64(61,62)38-13-15-43(45(28-38)57(59)60)52-29-34-16-19-49(3,4)20-17-34/h5-6,8-9,12-15,18,23,26-28,30,33-34,41,44,52H,7,10-11,16-17,19-22,24-25,29,31-32H2,1-4H3,(H,51,53)(H,54,58)/t41-,44?/m0/s1. The number of fused-ring (bicyclic) bond motifs is 1. The van der Waals surface area contributed by atoms with Crippen molar-refractivity contribution in [3.05, 3.63) is 112 Å². The number of nitrogens with zero attached hydrogens (tertiary/aromatic N) is 4. The Kier molecular flexibility index (Phi) is 12.0. The van der Waals surface area contributed by atoms with Crippen LogP contribution in [-0.2, 0) is 10.0 Å². The number of aromatic amines is 1. The molecular weight excluding hydrogens is 827 g/mol. The molecule has 3 aromatic carbocycles. The molecule has 0 radical (unpaired) electrons. The SMILES string of the molecule is CC(C)c1ccccc1[C@@H]1CCCC1N1CC2(CCN(c3ccc(C(=O)NS(=O)(=O)c4ccc(NCC5CCC(C)(C)CC5)c([N+](=O)[O-])c4)c(Oc4cnc5[nH]ccc5c4)c3)CC2)C1. The molecule has 5 aromatic rings. The number of ether oxygens (including phenoxy) is 1. The second kappa shape index (κ2) is 17.5. The van der Waals surface area contributed by atoms with E-state index in [0.717, 1.165) is 81.8 Å². The van der Waals surface area contributed by atoms with Gasteiger partial charge in [0.2, 0.25) is 0 Å². The molecule has 2 aliphatic carbocycles. The highest BCUT2D eigenvalue weighted by molar-refractivity contribution is 7.90. The van der Waals surface area contributed by atoms with Crippen molar-refractivity contribution < 1.29 is 22.9 Å². The molecule has 2 saturated carbocycles. The number of nitrogens with one attached hydrogen (secondary N) is 3. The van der Waals surface area contributed by atoms with Gasteiger partial charge in [-0.25, -0.2) is 18.1 Å². The van der Waals surface area contributed by atoms with Crippen LogP contribution >= 0.6 is 0 Å². The fourth-order valence-corrected chi connectivity index (χ4v) is 11.9. The number of hydrogen-bond donors (Lipinski definition) is 3. The van der Waals surface area contributed by atoms with E-state index < -0.39 is 20.9 Å². The van der Waals surface area contributed by atoms with Crippen LogP contribution in [0.25, 0.3) is 11.0 Å². The average Bonchev–Trinajstić information content (AvgIpc) is 3.95. The predicted octanol–water partition coefficient (Wildman–Crippen LogP) is 10.4. The molecule has 14 heteroatoms. The van der Waals surface area contributed by atoms with Crippen molar-refractivity contribution in [1.29, 1.82) is 0 Å². The summed E-state index contributed by atoms with van der Waals surface area (Å²) < 4.78 is 36.1. The number of likely N-dealkylation sites (tertiary alicyclic amines) is 1. The number of carbonyl (C=O) groups excluding carboxylic acids is 1. The molecule has 0 bridgehead atoms. The monoisotopic (exact) mass is 887 g/mol. The summed E-state index contributed by atoms with van der Waals surface area (Å²) in [4.78, 5) is 37.8. The normalized spacial score (nSPS) is 21.2. The van der Waals surface area contributed by atoms with Gasteiger partial charge >= 0.3 is 0 Å². The van der Waals surface area contributed by atoms with Gasteiger partial charge in [0.25, 0.3) is 21.6 Å². The molecule has 9 rings (SSSR count). The summed E-state index contributed by atoms with van der Waals surface area (Å²) in [5.74, 6) is 1.09. The molecule has 2 atom stereocenters. The highest BCUT2D eigenvalue weighted by atomic mass is 32.2. The van der Waals surface area contributed by atoms with Gasteiger partial charge in [-0.1, -0.05) is 58.4 Å². The number of sulfonamides is 1. The van der Waals surface area contributed by atoms with Crippen molar-refractivity contribution in [3.63, 3.8) is 0 Å². The van der Waals surface area contributed by atoms with Gasteiger partial charge in [0.1, 0.15) is 22.8 Å². The minimum atomic E-state index is -4.53. The Morgan fingerprint density at radius 3 is 2.48 bits per heavy atom. The highest BCUT2D eigenvalue weighted by Gasteiger charge is 2.49. The molecule has 3 N–H and O–H groups in total. The summed E-state index contributed by atoms with van der Waals surface area (Å²) >= 11 is 0. The fourth-order valence-electron chi connectivity index (χ4n) is 10.9. The summed E-state index contributed by atoms with van der Waals surface area (Å²) in [6.07, 6.45) is 13.4. The number of rotatable bonds is 13. The molecule has 4 heterocycles. The molecular formula is C50H61N7O6S. The summed E-state index contributed by atoms with van der Waals surface area (Å²) in [6.45, 7) is 13.6. The van der Waals surface area contributed by atoms with Crippen LogP contribution in [0.4, 0.5) is 17.1 Å². The maximum atomic E-state index is 14.0. The van der Waals surface area contributed by atoms with Crippen LogP contribution in [0.1, 0.15) is 119 Å². The van der Waals surface area contributed by atoms with Crippen molar-refractivity contribution in [2.75, 3.05) is 42.9 Å². The number of hydrogen-bond acceptors (Lipinski definition) is 10. The number of amides is 1. The van der Waals surface area contributed by atoms with E-state index in [1.54, 1.807) is 30.6 Å². The largest absolute Gasteiger partial charge is 0.455 e. The smallest absolute Gasteiger partial charge is 0.293 e. The third-order valence-electron chi connectivity index (χ3n) is 14.8. The molecule has 2 saturated heterocycles. The van der Waals surface area contributed by atoms with Gasteiger partial charge in [0, 0.05) is 68.2 Å². The molecule has 1 unspecified atom stereocenters. The lowest BCUT2D eigenvalue weighted by molar-refractivity contribution is -0.384. The quantitative estimate of drug-likeness (QED) is 0.0766. The molecule has 13 nitrogen and oxygen atoms in total. The minimum Gasteiger partial charge on any atom is -0.455 e. The Bertz CT molecular complexity index is 2640. The third kappa shape index (κ3) is 9.08. The average molecular weight is 888 g/mol. The molecule has 2 aromatic heterocycles. The van der Waals surface area contributed by atoms with E-state index in [9.17, 15) is 23.3 Å². The second-order valence-corrected chi connectivity index (χ2v) is 21.7. The van der Waals surface area contributed by atoms with Crippen molar-refractivity contribution in [2.24, 2.45) is 16.7 Å². The molecule has 4 aliphatic rings. The maximum absolute atomic E-state index is 14.0. The molecule has 2 aliphatic heterocycles. The van der Waals surface area contributed by atoms with E-state index in [-0.39, 0.29) is 33.0 Å². The molecule has 1 amide bonds. The molecule has 338 valence electrons. The van der Waals surface area contributed by atoms with Crippen LogP contribution in [0, 0.1) is 26.9 Å². The number of anilines is 2. The first kappa shape index (κ1) is 43.8. The third-order valence-corrected chi connectivity index (χ3v) is 16.1. The summed E-state index contributed by atoms with van der Waals surface area (Å²) in [6, 6.07) is 22.2. The Hall–Kier alpha value is -5.47. The fraction of sp³-hybridized carbons (Fsp3) is 0.480. The van der Waals surface area contributed by atoms with Crippen LogP contribution in [-0.4, -0.2) is 72.9 Å². The zero-order chi connectivity index (χ0) is 44.8. The zero-order valence-corrected chi connectivity index (χ0v) is 38.3. The Morgan fingerprint density at radius 2 is 1.73 bits per heavy atom. The van der Waals surface area contributed by atoms with E-state index in [4.69, 9.17) is 4.74 Å². The summed E-state index contributed by atoms with van der Waals surface area (Å²) in [7, 11) is -4.53. The lowest BCUT2D eigenvalue weighted by Crippen LogP contribution is -2.63. The van der Waals surface area contributed by atoms with Gasteiger partial charge in [0.15, 0.2) is 0 Å². The Morgan fingerprint density at radius 1 is 0.969 bits per heavy atom. The Balaban J connectivity index is 0.895. The van der Waals surface area contributed by atoms with Crippen molar-refractivity contribution in [3.8, 4) is 11.5 Å². The Labute approximate surface area is 376 Å². The lowest BCUT2D eigenvalue weighted by atomic mass is 9.70. The first-order valence-electron chi connectivity index (χ1n) is 23.1. The topological polar surface area (TPSA) is 163 Å². The van der Waals surface area contributed by atoms with E-state index in [1.807, 2.05) is 12.1 Å². The van der Waals surface area contributed by atoms with Crippen LogP contribution < -0.4 is 19.7 Å². The lowest BCUT2D eigenvalue weighted by Gasteiger charge is -2.57. The van der Waals surface area contributed by atoms with Crippen LogP contribution in [0.5, 0.6) is 11.5 Å². The number of carbonyl (C=O) groups is 1. The van der Waals surface area contributed by atoms with E-state index >= 15 is 0 Å². The van der Waals surface area contributed by atoms with Gasteiger partial charge in [-0.15, -0.1) is 0 Å². The predicted molar refractivity (Wildman–Crippen MR) is 251 cm³/mol. The minimum absolute atomic E-state index is 0.00166. The van der Waals surface area contributed by atoms with E-state index in [0.29, 0.717) is 47.2 Å². The first-order chi connectivity index (χ1) is 30.7. The summed E-state index contributed by atoms with van der Waals surface area (Å²) in [5.41, 5.74) is 5.00. The van der Waals surface area contributed by atoms with E-state index in [2.05, 4.69) is 81.8 Å². The molecule has 64 heavy (non-hydrogen) atoms. The number of H-pyrrole nitrogens is 1. The number of nitro groups is 1. The summed E-state index contributed by atoms with van der Waals surface area (Å²) in [5, 5.41) is 16.2. The molecule has 4 fully saturated rings. The zero-order valence-electron chi connectivity index (χ0n) is 37.4. The van der Waals surface area contributed by atoms with Crippen LogP contribution in [0.15, 0.2) is 90.1 Å². The molecule has 1 spiro atoms. The number of piperidine rings is 1. The highest BCUT2D eigenvalue weighted by Crippen LogP contribution is 2.49. The number of nitro benzene ring substituents is 1. The van der Waals surface area contributed by atoms with E-state index in [1.165, 1.54) is 42.5 Å². The van der Waals surface area contributed by atoms with Gasteiger partial charge < -0.3 is 19.9 Å². The van der Waals surface area contributed by atoms with Crippen molar-refractivity contribution in [1.82, 2.24) is 19.6 Å².